The van der Waals surface area contributed by atoms with Gasteiger partial charge >= 0.3 is 11.9 Å². The van der Waals surface area contributed by atoms with E-state index in [1.165, 1.54) is 4.90 Å². The van der Waals surface area contributed by atoms with Gasteiger partial charge in [0.15, 0.2) is 0 Å². The van der Waals surface area contributed by atoms with E-state index < -0.39 is 53.8 Å². The Balaban J connectivity index is 1.72. The number of para-hydroxylation sites is 1. The van der Waals surface area contributed by atoms with Gasteiger partial charge in [-0.3, -0.25) is 19.2 Å². The molecule has 39 heavy (non-hydrogen) atoms. The Kier molecular flexibility index (Phi) is 10.0. The molecule has 12 nitrogen and oxygen atoms in total. The quantitative estimate of drug-likeness (QED) is 0.215. The number of H-pyrrole nitrogens is 1. The fraction of sp³-hybridized carbons (Fsp3) is 0.519. The number of rotatable bonds is 13. The van der Waals surface area contributed by atoms with E-state index in [2.05, 4.69) is 15.6 Å². The van der Waals surface area contributed by atoms with Crippen molar-refractivity contribution in [3.63, 3.8) is 0 Å². The number of carbonyl (C=O) groups excluding carboxylic acids is 3. The molecule has 0 radical (unpaired) electrons. The van der Waals surface area contributed by atoms with Crippen molar-refractivity contribution < 1.29 is 34.2 Å². The van der Waals surface area contributed by atoms with Crippen LogP contribution in [0.2, 0.25) is 0 Å². The van der Waals surface area contributed by atoms with Crippen LogP contribution in [-0.4, -0.2) is 80.5 Å². The number of aromatic amines is 1. The summed E-state index contributed by atoms with van der Waals surface area (Å²) in [5.74, 6) is -3.99. The van der Waals surface area contributed by atoms with Crippen LogP contribution in [0.15, 0.2) is 30.5 Å². The van der Waals surface area contributed by atoms with Crippen molar-refractivity contribution >= 4 is 40.6 Å². The summed E-state index contributed by atoms with van der Waals surface area (Å²) in [6.45, 7) is 4.02. The first kappa shape index (κ1) is 29.6. The van der Waals surface area contributed by atoms with Crippen LogP contribution < -0.4 is 16.4 Å². The topological polar surface area (TPSA) is 195 Å². The summed E-state index contributed by atoms with van der Waals surface area (Å²) in [5.41, 5.74) is 7.52. The van der Waals surface area contributed by atoms with E-state index in [4.69, 9.17) is 10.8 Å². The highest BCUT2D eigenvalue weighted by Gasteiger charge is 2.39. The standard InChI is InChI=1S/C27H37N5O7/c1-15(2)12-18(28)24(35)30-20(9-10-23(33)34)26(37)32-11-5-8-22(32)25(36)31-21(27(38)39)13-16-14-29-19-7-4-3-6-17(16)19/h3-4,6-7,14-15,18,20-22,29H,5,8-13,28H2,1-2H3,(H,30,35)(H,31,36)(H,33,34)(H,38,39). The molecule has 0 saturated carbocycles. The maximum absolute atomic E-state index is 13.5. The van der Waals surface area contributed by atoms with Crippen molar-refractivity contribution in [3.05, 3.63) is 36.0 Å². The van der Waals surface area contributed by atoms with Gasteiger partial charge in [0, 0.05) is 36.5 Å². The van der Waals surface area contributed by atoms with E-state index in [0.717, 1.165) is 16.5 Å². The lowest BCUT2D eigenvalue weighted by Crippen LogP contribution is -2.57. The van der Waals surface area contributed by atoms with Gasteiger partial charge in [-0.25, -0.2) is 4.79 Å². The number of hydrogen-bond acceptors (Lipinski definition) is 6. The van der Waals surface area contributed by atoms with Gasteiger partial charge in [0.2, 0.25) is 17.7 Å². The van der Waals surface area contributed by atoms with E-state index >= 15 is 0 Å². The first-order valence-corrected chi connectivity index (χ1v) is 13.1. The number of carboxylic acids is 2. The Morgan fingerprint density at radius 1 is 1.10 bits per heavy atom. The van der Waals surface area contributed by atoms with Crippen LogP contribution in [-0.2, 0) is 30.4 Å². The number of nitrogens with zero attached hydrogens (tertiary/aromatic N) is 1. The maximum Gasteiger partial charge on any atom is 0.326 e. The Bertz CT molecular complexity index is 1210. The van der Waals surface area contributed by atoms with Crippen molar-refractivity contribution in [2.45, 2.75) is 76.5 Å². The van der Waals surface area contributed by atoms with Crippen LogP contribution in [0.5, 0.6) is 0 Å². The average Bonchev–Trinajstić information content (AvgIpc) is 3.52. The molecular weight excluding hydrogens is 506 g/mol. The molecule has 4 unspecified atom stereocenters. The molecule has 0 bridgehead atoms. The Morgan fingerprint density at radius 2 is 1.82 bits per heavy atom. The van der Waals surface area contributed by atoms with E-state index in [9.17, 15) is 29.1 Å². The first-order valence-electron chi connectivity index (χ1n) is 13.1. The summed E-state index contributed by atoms with van der Waals surface area (Å²) in [7, 11) is 0. The number of amides is 3. The number of nitrogens with two attached hydrogens (primary N) is 1. The normalized spacial score (nSPS) is 17.5. The lowest BCUT2D eigenvalue weighted by molar-refractivity contribution is -0.145. The molecule has 3 rings (SSSR count). The van der Waals surface area contributed by atoms with Crippen molar-refractivity contribution in [1.29, 1.82) is 0 Å². The molecule has 2 aromatic rings. The van der Waals surface area contributed by atoms with Gasteiger partial charge < -0.3 is 36.5 Å². The van der Waals surface area contributed by atoms with Gasteiger partial charge in [0.25, 0.3) is 0 Å². The van der Waals surface area contributed by atoms with E-state index in [1.54, 1.807) is 6.20 Å². The first-order chi connectivity index (χ1) is 18.5. The minimum absolute atomic E-state index is 0.0385. The predicted molar refractivity (Wildman–Crippen MR) is 143 cm³/mol. The molecule has 7 N–H and O–H groups in total. The van der Waals surface area contributed by atoms with Crippen LogP contribution in [0.25, 0.3) is 10.9 Å². The third kappa shape index (κ3) is 7.79. The number of aliphatic carboxylic acids is 2. The molecule has 4 atom stereocenters. The highest BCUT2D eigenvalue weighted by Crippen LogP contribution is 2.22. The van der Waals surface area contributed by atoms with Gasteiger partial charge in [-0.1, -0.05) is 32.0 Å². The minimum atomic E-state index is -1.23. The number of likely N-dealkylation sites (tertiary alicyclic amines) is 1. The third-order valence-electron chi connectivity index (χ3n) is 6.88. The lowest BCUT2D eigenvalue weighted by Gasteiger charge is -2.30. The molecule has 1 aliphatic heterocycles. The molecule has 1 saturated heterocycles. The zero-order chi connectivity index (χ0) is 28.7. The second-order valence-corrected chi connectivity index (χ2v) is 10.4. The molecule has 12 heteroatoms. The predicted octanol–water partition coefficient (Wildman–Crippen LogP) is 0.994. The maximum atomic E-state index is 13.5. The molecule has 3 amide bonds. The summed E-state index contributed by atoms with van der Waals surface area (Å²) in [6.07, 6.45) is 2.39. The summed E-state index contributed by atoms with van der Waals surface area (Å²) in [5, 5.41) is 25.0. The molecule has 1 aromatic heterocycles. The lowest BCUT2D eigenvalue weighted by atomic mass is 10.0. The molecule has 0 aliphatic carbocycles. The van der Waals surface area contributed by atoms with Gasteiger partial charge in [-0.2, -0.15) is 0 Å². The minimum Gasteiger partial charge on any atom is -0.481 e. The van der Waals surface area contributed by atoms with Crippen molar-refractivity contribution in [2.75, 3.05) is 6.54 Å². The molecule has 1 fully saturated rings. The Labute approximate surface area is 226 Å². The second kappa shape index (κ2) is 13.2. The largest absolute Gasteiger partial charge is 0.481 e. The van der Waals surface area contributed by atoms with Crippen LogP contribution in [0.4, 0.5) is 0 Å². The number of hydrogen-bond donors (Lipinski definition) is 6. The highest BCUT2D eigenvalue weighted by atomic mass is 16.4. The number of benzene rings is 1. The third-order valence-corrected chi connectivity index (χ3v) is 6.88. The Morgan fingerprint density at radius 3 is 2.49 bits per heavy atom. The number of carbonyl (C=O) groups is 5. The average molecular weight is 544 g/mol. The summed E-state index contributed by atoms with van der Waals surface area (Å²) < 4.78 is 0. The Hall–Kier alpha value is -3.93. The highest BCUT2D eigenvalue weighted by molar-refractivity contribution is 5.95. The van der Waals surface area contributed by atoms with Crippen LogP contribution in [0, 0.1) is 5.92 Å². The molecule has 212 valence electrons. The van der Waals surface area contributed by atoms with E-state index in [1.807, 2.05) is 38.1 Å². The fourth-order valence-electron chi connectivity index (χ4n) is 4.91. The summed E-state index contributed by atoms with van der Waals surface area (Å²) >= 11 is 0. The molecule has 1 aliphatic rings. The fourth-order valence-corrected chi connectivity index (χ4v) is 4.91. The van der Waals surface area contributed by atoms with Crippen LogP contribution >= 0.6 is 0 Å². The second-order valence-electron chi connectivity index (χ2n) is 10.4. The van der Waals surface area contributed by atoms with Crippen molar-refractivity contribution in [2.24, 2.45) is 11.7 Å². The monoisotopic (exact) mass is 543 g/mol. The van der Waals surface area contributed by atoms with E-state index in [-0.39, 0.29) is 31.7 Å². The van der Waals surface area contributed by atoms with Gasteiger partial charge in [0.1, 0.15) is 18.1 Å². The van der Waals surface area contributed by atoms with Gasteiger partial charge in [-0.15, -0.1) is 0 Å². The number of nitrogens with one attached hydrogen (secondary N) is 3. The summed E-state index contributed by atoms with van der Waals surface area (Å²) in [6, 6.07) is 3.19. The molecule has 0 spiro atoms. The van der Waals surface area contributed by atoms with Crippen molar-refractivity contribution in [3.8, 4) is 0 Å². The molecule has 1 aromatic carbocycles. The smallest absolute Gasteiger partial charge is 0.326 e. The summed E-state index contributed by atoms with van der Waals surface area (Å²) in [4.78, 5) is 66.9. The SMILES string of the molecule is CC(C)CC(N)C(=O)NC(CCC(=O)O)C(=O)N1CCCC1C(=O)NC(Cc1c[nH]c2ccccc12)C(=O)O. The molecule has 2 heterocycles. The van der Waals surface area contributed by atoms with Crippen molar-refractivity contribution in [1.82, 2.24) is 20.5 Å². The zero-order valence-electron chi connectivity index (χ0n) is 22.2. The zero-order valence-corrected chi connectivity index (χ0v) is 22.2. The van der Waals surface area contributed by atoms with Crippen LogP contribution in [0.3, 0.4) is 0 Å². The number of aromatic nitrogens is 1. The number of fused-ring (bicyclic) bond motifs is 1. The van der Waals surface area contributed by atoms with Gasteiger partial charge in [-0.05, 0) is 43.2 Å². The number of carboxylic acid groups (broad SMARTS) is 2. The van der Waals surface area contributed by atoms with Crippen LogP contribution in [0.1, 0.15) is 51.5 Å². The van der Waals surface area contributed by atoms with Gasteiger partial charge in [0.05, 0.1) is 6.04 Å². The van der Waals surface area contributed by atoms with E-state index in [0.29, 0.717) is 19.3 Å². The molecular formula is C27H37N5O7.